The molecule has 1 aromatic rings. The van der Waals surface area contributed by atoms with Crippen LogP contribution in [0.25, 0.3) is 0 Å². The second kappa shape index (κ2) is 5.63. The van der Waals surface area contributed by atoms with Gasteiger partial charge in [0.15, 0.2) is 9.84 Å². The van der Waals surface area contributed by atoms with Gasteiger partial charge in [-0.1, -0.05) is 43.5 Å². The summed E-state index contributed by atoms with van der Waals surface area (Å²) in [6.07, 6.45) is 7.22. The third kappa shape index (κ3) is 3.57. The maximum absolute atomic E-state index is 11.4. The van der Waals surface area contributed by atoms with Crippen LogP contribution in [0, 0.1) is 0 Å². The van der Waals surface area contributed by atoms with Gasteiger partial charge in [0.25, 0.3) is 0 Å². The molecule has 0 unspecified atom stereocenters. The van der Waals surface area contributed by atoms with E-state index in [0.29, 0.717) is 6.54 Å². The molecule has 0 amide bonds. The number of benzene rings is 1. The van der Waals surface area contributed by atoms with Crippen molar-refractivity contribution in [3.05, 3.63) is 35.4 Å². The summed E-state index contributed by atoms with van der Waals surface area (Å²) in [4.78, 5) is 0. The molecule has 1 fully saturated rings. The molecule has 1 aromatic carbocycles. The fraction of sp³-hybridized carbons (Fsp3) is 0.600. The Labute approximate surface area is 116 Å². The predicted octanol–water partition coefficient (Wildman–Crippen LogP) is 2.39. The largest absolute Gasteiger partial charge is 0.330 e. The first-order valence-electron chi connectivity index (χ1n) is 6.92. The molecule has 3 nitrogen and oxygen atoms in total. The molecule has 1 aliphatic carbocycles. The Morgan fingerprint density at radius 2 is 1.89 bits per heavy atom. The third-order valence-corrected chi connectivity index (χ3v) is 5.03. The zero-order valence-electron chi connectivity index (χ0n) is 11.6. The fourth-order valence-corrected chi connectivity index (χ4v) is 3.92. The first-order chi connectivity index (χ1) is 8.95. The molecule has 2 rings (SSSR count). The van der Waals surface area contributed by atoms with Crippen molar-refractivity contribution in [2.75, 3.05) is 12.8 Å². The molecule has 19 heavy (non-hydrogen) atoms. The summed E-state index contributed by atoms with van der Waals surface area (Å²) in [5, 5.41) is 0. The van der Waals surface area contributed by atoms with Gasteiger partial charge in [0.2, 0.25) is 0 Å². The quantitative estimate of drug-likeness (QED) is 0.922. The normalized spacial score (nSPS) is 19.3. The average molecular weight is 281 g/mol. The van der Waals surface area contributed by atoms with E-state index in [1.807, 2.05) is 18.2 Å². The molecule has 2 N–H and O–H groups in total. The summed E-state index contributed by atoms with van der Waals surface area (Å²) >= 11 is 0. The zero-order valence-corrected chi connectivity index (χ0v) is 12.4. The average Bonchev–Trinajstić information content (AvgIpc) is 2.38. The molecule has 4 heteroatoms. The lowest BCUT2D eigenvalue weighted by molar-refractivity contribution is 0.300. The topological polar surface area (TPSA) is 60.2 Å². The SMILES string of the molecule is CS(=O)(=O)Cc1cccc(C2(CN)CCCCC2)c1. The summed E-state index contributed by atoms with van der Waals surface area (Å²) in [5.41, 5.74) is 8.18. The lowest BCUT2D eigenvalue weighted by Gasteiger charge is -2.37. The number of sulfone groups is 1. The molecular weight excluding hydrogens is 258 g/mol. The van der Waals surface area contributed by atoms with Gasteiger partial charge in [-0.15, -0.1) is 0 Å². The van der Waals surface area contributed by atoms with Gasteiger partial charge in [-0.3, -0.25) is 0 Å². The van der Waals surface area contributed by atoms with Crippen LogP contribution in [0.15, 0.2) is 24.3 Å². The molecular formula is C15H23NO2S. The highest BCUT2D eigenvalue weighted by molar-refractivity contribution is 7.89. The standard InChI is InChI=1S/C15H23NO2S/c1-19(17,18)11-13-6-5-7-14(10-13)15(12-16)8-3-2-4-9-15/h5-7,10H,2-4,8-9,11-12,16H2,1H3. The Balaban J connectivity index is 2.31. The highest BCUT2D eigenvalue weighted by atomic mass is 32.2. The highest BCUT2D eigenvalue weighted by Gasteiger charge is 2.32. The third-order valence-electron chi connectivity index (χ3n) is 4.17. The molecule has 0 aliphatic heterocycles. The Morgan fingerprint density at radius 1 is 1.21 bits per heavy atom. The maximum Gasteiger partial charge on any atom is 0.151 e. The van der Waals surface area contributed by atoms with Crippen LogP contribution in [0.3, 0.4) is 0 Å². The fourth-order valence-electron chi connectivity index (χ4n) is 3.13. The monoisotopic (exact) mass is 281 g/mol. The van der Waals surface area contributed by atoms with Crippen molar-refractivity contribution >= 4 is 9.84 Å². The predicted molar refractivity (Wildman–Crippen MR) is 78.8 cm³/mol. The maximum atomic E-state index is 11.4. The van der Waals surface area contributed by atoms with Crippen molar-refractivity contribution in [1.29, 1.82) is 0 Å². The van der Waals surface area contributed by atoms with Crippen molar-refractivity contribution in [2.45, 2.75) is 43.3 Å². The van der Waals surface area contributed by atoms with E-state index in [1.54, 1.807) is 0 Å². The first kappa shape index (κ1) is 14.5. The van der Waals surface area contributed by atoms with Gasteiger partial charge in [0.05, 0.1) is 5.75 Å². The molecule has 106 valence electrons. The summed E-state index contributed by atoms with van der Waals surface area (Å²) < 4.78 is 22.8. The van der Waals surface area contributed by atoms with E-state index in [1.165, 1.54) is 31.1 Å². The summed E-state index contributed by atoms with van der Waals surface area (Å²) in [5.74, 6) is 0.113. The lowest BCUT2D eigenvalue weighted by atomic mass is 9.69. The minimum Gasteiger partial charge on any atom is -0.330 e. The van der Waals surface area contributed by atoms with Crippen molar-refractivity contribution in [3.63, 3.8) is 0 Å². The second-order valence-corrected chi connectivity index (χ2v) is 7.96. The lowest BCUT2D eigenvalue weighted by Crippen LogP contribution is -2.37. The van der Waals surface area contributed by atoms with Crippen molar-refractivity contribution in [1.82, 2.24) is 0 Å². The second-order valence-electron chi connectivity index (χ2n) is 5.82. The minimum absolute atomic E-state index is 0.0613. The Bertz CT molecular complexity index is 531. The zero-order chi connectivity index (χ0) is 13.9. The van der Waals surface area contributed by atoms with Crippen LogP contribution >= 0.6 is 0 Å². The van der Waals surface area contributed by atoms with Crippen LogP contribution in [-0.2, 0) is 21.0 Å². The van der Waals surface area contributed by atoms with Gasteiger partial charge < -0.3 is 5.73 Å². The molecule has 0 atom stereocenters. The van der Waals surface area contributed by atoms with Crippen LogP contribution in [0.4, 0.5) is 0 Å². The van der Waals surface area contributed by atoms with Crippen LogP contribution in [0.1, 0.15) is 43.2 Å². The van der Waals surface area contributed by atoms with Crippen molar-refractivity contribution < 1.29 is 8.42 Å². The van der Waals surface area contributed by atoms with E-state index in [4.69, 9.17) is 5.73 Å². The van der Waals surface area contributed by atoms with Gasteiger partial charge in [0.1, 0.15) is 0 Å². The number of hydrogen-bond acceptors (Lipinski definition) is 3. The van der Waals surface area contributed by atoms with Crippen molar-refractivity contribution in [2.24, 2.45) is 5.73 Å². The van der Waals surface area contributed by atoms with Gasteiger partial charge in [-0.05, 0) is 24.0 Å². The Morgan fingerprint density at radius 3 is 2.47 bits per heavy atom. The number of rotatable bonds is 4. The Kier molecular flexibility index (Phi) is 4.31. The van der Waals surface area contributed by atoms with Gasteiger partial charge in [0, 0.05) is 18.2 Å². The van der Waals surface area contributed by atoms with E-state index in [-0.39, 0.29) is 11.2 Å². The first-order valence-corrected chi connectivity index (χ1v) is 8.98. The van der Waals surface area contributed by atoms with E-state index in [2.05, 4.69) is 6.07 Å². The van der Waals surface area contributed by atoms with E-state index >= 15 is 0 Å². The van der Waals surface area contributed by atoms with Crippen LogP contribution in [-0.4, -0.2) is 21.2 Å². The van der Waals surface area contributed by atoms with Gasteiger partial charge in [-0.25, -0.2) is 8.42 Å². The number of nitrogens with two attached hydrogens (primary N) is 1. The molecule has 1 saturated carbocycles. The van der Waals surface area contributed by atoms with Crippen LogP contribution in [0.2, 0.25) is 0 Å². The molecule has 0 bridgehead atoms. The molecule has 0 heterocycles. The smallest absolute Gasteiger partial charge is 0.151 e. The minimum atomic E-state index is -2.98. The summed E-state index contributed by atoms with van der Waals surface area (Å²) in [7, 11) is -2.98. The van der Waals surface area contributed by atoms with Gasteiger partial charge >= 0.3 is 0 Å². The van der Waals surface area contributed by atoms with Crippen LogP contribution in [0.5, 0.6) is 0 Å². The van der Waals surface area contributed by atoms with Crippen LogP contribution < -0.4 is 5.73 Å². The van der Waals surface area contributed by atoms with E-state index in [9.17, 15) is 8.42 Å². The summed E-state index contributed by atoms with van der Waals surface area (Å²) in [6, 6.07) is 7.99. The molecule has 0 aromatic heterocycles. The molecule has 0 spiro atoms. The highest BCUT2D eigenvalue weighted by Crippen LogP contribution is 2.38. The molecule has 0 radical (unpaired) electrons. The van der Waals surface area contributed by atoms with E-state index < -0.39 is 9.84 Å². The molecule has 1 aliphatic rings. The molecule has 0 saturated heterocycles. The Hall–Kier alpha value is -0.870. The van der Waals surface area contributed by atoms with Crippen molar-refractivity contribution in [3.8, 4) is 0 Å². The number of hydrogen-bond donors (Lipinski definition) is 1. The van der Waals surface area contributed by atoms with E-state index in [0.717, 1.165) is 18.4 Å². The van der Waals surface area contributed by atoms with Gasteiger partial charge in [-0.2, -0.15) is 0 Å². The summed E-state index contributed by atoms with van der Waals surface area (Å²) in [6.45, 7) is 0.648.